The number of H-pyrrole nitrogens is 1. The summed E-state index contributed by atoms with van der Waals surface area (Å²) in [4.78, 5) is 66.1. The Morgan fingerprint density at radius 3 is 2.60 bits per heavy atom. The second-order valence-corrected chi connectivity index (χ2v) is 13.1. The van der Waals surface area contributed by atoms with Gasteiger partial charge in [0.05, 0.1) is 38.6 Å². The highest BCUT2D eigenvalue weighted by atomic mass is 19.2. The van der Waals surface area contributed by atoms with E-state index < -0.39 is 48.2 Å². The minimum Gasteiger partial charge on any atom is -0.478 e. The number of pyridine rings is 3. The summed E-state index contributed by atoms with van der Waals surface area (Å²) in [5, 5.41) is 28.5. The number of anilines is 2. The summed E-state index contributed by atoms with van der Waals surface area (Å²) in [6.07, 6.45) is 3.22. The second-order valence-electron chi connectivity index (χ2n) is 13.1. The largest absolute Gasteiger partial charge is 0.478 e. The zero-order chi connectivity index (χ0) is 37.9. The molecule has 2 atom stereocenters. The number of esters is 1. The summed E-state index contributed by atoms with van der Waals surface area (Å²) >= 11 is 0. The van der Waals surface area contributed by atoms with Crippen molar-refractivity contribution in [3.63, 3.8) is 0 Å². The topological polar surface area (TPSA) is 204 Å². The number of fused-ring (bicyclic) bond motifs is 5. The maximum absolute atomic E-state index is 16.2. The monoisotopic (exact) mass is 733 g/mol. The number of likely N-dealkylation sites (tertiary alicyclic amines) is 1. The fourth-order valence-corrected chi connectivity index (χ4v) is 7.39. The number of carbonyl (C=O) groups excluding carboxylic acids is 2. The van der Waals surface area contributed by atoms with Crippen molar-refractivity contribution in [3.05, 3.63) is 70.3 Å². The Morgan fingerprint density at radius 1 is 1.09 bits per heavy atom. The molecule has 2 fully saturated rings. The summed E-state index contributed by atoms with van der Waals surface area (Å²) in [6.45, 7) is 1.21. The van der Waals surface area contributed by atoms with Gasteiger partial charge in [0, 0.05) is 87.7 Å². The molecule has 276 valence electrons. The number of aromatic amines is 1. The van der Waals surface area contributed by atoms with Gasteiger partial charge in [-0.1, -0.05) is 0 Å². The number of hydrogen-bond acceptors (Lipinski definition) is 12. The number of amides is 1. The number of aryl methyl sites for hydroxylation is 1. The molecule has 0 aliphatic carbocycles. The molecule has 0 spiro atoms. The van der Waals surface area contributed by atoms with Gasteiger partial charge in [0.1, 0.15) is 11.3 Å². The first-order valence-electron chi connectivity index (χ1n) is 16.4. The van der Waals surface area contributed by atoms with Crippen molar-refractivity contribution in [2.75, 3.05) is 50.3 Å². The van der Waals surface area contributed by atoms with Gasteiger partial charge in [-0.05, 0) is 25.5 Å². The highest BCUT2D eigenvalue weighted by Gasteiger charge is 2.42. The number of carboxylic acid groups (broad SMARTS) is 1. The van der Waals surface area contributed by atoms with Crippen molar-refractivity contribution in [2.45, 2.75) is 18.8 Å². The van der Waals surface area contributed by atoms with Crippen molar-refractivity contribution in [3.8, 4) is 11.1 Å². The van der Waals surface area contributed by atoms with Crippen LogP contribution in [0.5, 0.6) is 0 Å². The number of aliphatic carboxylic acids is 1. The van der Waals surface area contributed by atoms with Crippen molar-refractivity contribution < 1.29 is 48.0 Å². The number of likely N-dealkylation sites (N-methyl/N-ethyl adjacent to an activating group) is 1. The van der Waals surface area contributed by atoms with Gasteiger partial charge in [-0.15, -0.1) is 0 Å². The Morgan fingerprint density at radius 2 is 1.87 bits per heavy atom. The van der Waals surface area contributed by atoms with Gasteiger partial charge in [0.15, 0.2) is 23.4 Å². The fourth-order valence-electron chi connectivity index (χ4n) is 7.39. The number of halogens is 2. The molecule has 7 rings (SSSR count). The summed E-state index contributed by atoms with van der Waals surface area (Å²) in [5.74, 6) is -4.68. The number of nitrogens with one attached hydrogen (secondary N) is 1. The Hall–Kier alpha value is -5.98. The van der Waals surface area contributed by atoms with E-state index >= 15 is 8.78 Å². The Kier molecular flexibility index (Phi) is 9.05. The predicted molar refractivity (Wildman–Crippen MR) is 186 cm³/mol. The Balaban J connectivity index is 1.39. The molecule has 53 heavy (non-hydrogen) atoms. The number of benzene rings is 1. The van der Waals surface area contributed by atoms with Crippen molar-refractivity contribution in [2.24, 2.45) is 13.0 Å². The molecule has 0 bridgehead atoms. The van der Waals surface area contributed by atoms with E-state index in [-0.39, 0.29) is 56.2 Å². The quantitative estimate of drug-likeness (QED) is 0.103. The van der Waals surface area contributed by atoms with Crippen LogP contribution in [0.4, 0.5) is 25.0 Å². The number of carboxylic acids is 1. The number of aliphatic hydroxyl groups is 2. The molecule has 18 heteroatoms. The van der Waals surface area contributed by atoms with E-state index in [0.717, 1.165) is 23.9 Å². The van der Waals surface area contributed by atoms with E-state index in [2.05, 4.69) is 29.5 Å². The molecular weight excluding hydrogens is 700 g/mol. The maximum atomic E-state index is 16.2. The zero-order valence-corrected chi connectivity index (χ0v) is 28.5. The molecule has 1 amide bonds. The standard InChI is InChI=1S/C35H33F2N7O9/c1-41-12-16-6-7-44(23(16)14-41)30-19(17-8-18-31(48)20(34(49)50)13-42(2)33(18)39-10-17)11-38-32-27(30)26-28(37)21(36)9-22(29(26)40-32)43(3)35(51)53-15-52-25(47)5-4-24(45)46/h4-5,8-11,13,16,23,34,49-50H,6-7,12,14-15H2,1-3H3,(H,38,40)(H,45,46)/b5-4+/t16-,23+/m0/s1. The number of hydrogen-bond donors (Lipinski definition) is 4. The molecule has 2 aliphatic rings. The van der Waals surface area contributed by atoms with Crippen LogP contribution in [-0.2, 0) is 26.1 Å². The van der Waals surface area contributed by atoms with Gasteiger partial charge in [-0.25, -0.2) is 33.1 Å². The third kappa shape index (κ3) is 6.19. The number of carbonyl (C=O) groups is 3. The average Bonchev–Trinajstić information content (AvgIpc) is 3.81. The zero-order valence-electron chi connectivity index (χ0n) is 28.5. The molecule has 4 N–H and O–H groups in total. The van der Waals surface area contributed by atoms with E-state index in [4.69, 9.17) is 9.84 Å². The van der Waals surface area contributed by atoms with Gasteiger partial charge >= 0.3 is 18.0 Å². The van der Waals surface area contributed by atoms with E-state index in [1.807, 2.05) is 7.05 Å². The highest BCUT2D eigenvalue weighted by Crippen LogP contribution is 2.47. The van der Waals surface area contributed by atoms with Gasteiger partial charge in [0.2, 0.25) is 6.79 Å². The first kappa shape index (κ1) is 35.4. The molecule has 0 unspecified atom stereocenters. The van der Waals surface area contributed by atoms with E-state index in [9.17, 15) is 29.4 Å². The van der Waals surface area contributed by atoms with Crippen LogP contribution in [0.15, 0.2) is 47.7 Å². The lowest BCUT2D eigenvalue weighted by atomic mass is 9.99. The van der Waals surface area contributed by atoms with Gasteiger partial charge < -0.3 is 44.1 Å². The molecule has 0 radical (unpaired) electrons. The number of ether oxygens (including phenoxy) is 2. The Bertz CT molecular complexity index is 2430. The maximum Gasteiger partial charge on any atom is 0.416 e. The van der Waals surface area contributed by atoms with E-state index in [1.54, 1.807) is 13.1 Å². The van der Waals surface area contributed by atoms with E-state index in [0.29, 0.717) is 42.1 Å². The van der Waals surface area contributed by atoms with Crippen molar-refractivity contribution in [1.29, 1.82) is 0 Å². The normalized spacial score (nSPS) is 17.5. The van der Waals surface area contributed by atoms with Crippen LogP contribution >= 0.6 is 0 Å². The summed E-state index contributed by atoms with van der Waals surface area (Å²) < 4.78 is 42.9. The second kappa shape index (κ2) is 13.5. The summed E-state index contributed by atoms with van der Waals surface area (Å²) in [5.41, 5.74) is 0.829. The van der Waals surface area contributed by atoms with Gasteiger partial charge in [-0.2, -0.15) is 0 Å². The predicted octanol–water partition coefficient (Wildman–Crippen LogP) is 2.75. The molecule has 2 saturated heterocycles. The fraction of sp³-hybridized carbons (Fsp3) is 0.314. The number of nitrogens with zero attached hydrogens (tertiary/aromatic N) is 6. The van der Waals surface area contributed by atoms with Crippen LogP contribution in [0.3, 0.4) is 0 Å². The van der Waals surface area contributed by atoms with Crippen LogP contribution in [0.2, 0.25) is 0 Å². The minimum absolute atomic E-state index is 0.00600. The molecule has 1 aromatic carbocycles. The molecular formula is C35H33F2N7O9. The minimum atomic E-state index is -2.03. The SMILES string of the molecule is CN1C[C@@H]2CCN(c3c(-c4cnc5c(c4)c(=O)c(C(O)O)cn5C)cnc4[nH]c5c(N(C)C(=O)OCOC(=O)/C=C/C(=O)O)cc(F)c(F)c5c34)[C@@H]2C1. The van der Waals surface area contributed by atoms with Crippen molar-refractivity contribution in [1.82, 2.24) is 24.4 Å². The molecule has 6 heterocycles. The first-order chi connectivity index (χ1) is 25.2. The molecule has 0 saturated carbocycles. The molecule has 16 nitrogen and oxygen atoms in total. The van der Waals surface area contributed by atoms with Crippen LogP contribution in [0.25, 0.3) is 44.1 Å². The lowest BCUT2D eigenvalue weighted by molar-refractivity contribution is -0.146. The summed E-state index contributed by atoms with van der Waals surface area (Å²) in [7, 11) is 4.86. The smallest absolute Gasteiger partial charge is 0.416 e. The van der Waals surface area contributed by atoms with Crippen molar-refractivity contribution >= 4 is 62.4 Å². The summed E-state index contributed by atoms with van der Waals surface area (Å²) in [6, 6.07) is 2.36. The van der Waals surface area contributed by atoms with Gasteiger partial charge in [0.25, 0.3) is 0 Å². The number of rotatable bonds is 8. The Labute approximate surface area is 298 Å². The van der Waals surface area contributed by atoms with Crippen LogP contribution < -0.4 is 15.2 Å². The third-order valence-electron chi connectivity index (χ3n) is 9.77. The van der Waals surface area contributed by atoms with Gasteiger partial charge in [-0.3, -0.25) is 9.69 Å². The van der Waals surface area contributed by atoms with E-state index in [1.165, 1.54) is 30.2 Å². The molecule has 2 aliphatic heterocycles. The molecule has 4 aromatic heterocycles. The van der Waals surface area contributed by atoms with Crippen LogP contribution in [0, 0.1) is 17.6 Å². The van der Waals surface area contributed by atoms with Crippen LogP contribution in [-0.4, -0.2) is 104 Å². The first-order valence-corrected chi connectivity index (χ1v) is 16.4. The van der Waals surface area contributed by atoms with Crippen LogP contribution in [0.1, 0.15) is 18.3 Å². The average molecular weight is 734 g/mol. The number of aliphatic hydroxyl groups excluding tert-OH is 1. The number of aromatic nitrogens is 4. The lowest BCUT2D eigenvalue weighted by Gasteiger charge is -2.29. The molecule has 5 aromatic rings. The highest BCUT2D eigenvalue weighted by molar-refractivity contribution is 6.19. The lowest BCUT2D eigenvalue weighted by Crippen LogP contribution is -2.35. The third-order valence-corrected chi connectivity index (χ3v) is 9.77.